The van der Waals surface area contributed by atoms with E-state index in [0.29, 0.717) is 24.1 Å². The normalized spacial score (nSPS) is 13.7. The molecule has 0 atom stereocenters. The number of benzene rings is 1. The Morgan fingerprint density at radius 3 is 2.41 bits per heavy atom. The van der Waals surface area contributed by atoms with Gasteiger partial charge in [0.25, 0.3) is 5.91 Å². The summed E-state index contributed by atoms with van der Waals surface area (Å²) in [6, 6.07) is 3.53. The highest BCUT2D eigenvalue weighted by Gasteiger charge is 2.23. The van der Waals surface area contributed by atoms with Crippen molar-refractivity contribution in [1.29, 1.82) is 0 Å². The van der Waals surface area contributed by atoms with Crippen LogP contribution in [-0.4, -0.2) is 10.5 Å². The predicted molar refractivity (Wildman–Crippen MR) is 77.1 cm³/mol. The largest absolute Gasteiger partial charge is 0.365 e. The molecule has 0 saturated carbocycles. The molecule has 3 rings (SSSR count). The molecule has 1 aliphatic carbocycles. The Hall–Kier alpha value is -2.50. The van der Waals surface area contributed by atoms with Gasteiger partial charge in [0.2, 0.25) is 0 Å². The summed E-state index contributed by atoms with van der Waals surface area (Å²) in [5.74, 6) is -2.41. The molecule has 1 aromatic carbocycles. The Labute approximate surface area is 125 Å². The summed E-state index contributed by atoms with van der Waals surface area (Å²) in [7, 11) is 0. The summed E-state index contributed by atoms with van der Waals surface area (Å²) in [6.07, 6.45) is 3.77. The molecule has 1 aliphatic rings. The highest BCUT2D eigenvalue weighted by Crippen LogP contribution is 2.25. The van der Waals surface area contributed by atoms with E-state index >= 15 is 0 Å². The number of nitrogens with zero attached hydrogens (tertiary/aromatic N) is 1. The smallest absolute Gasteiger partial charge is 0.254 e. The molecule has 0 unspecified atom stereocenters. The third-order valence-corrected chi connectivity index (χ3v) is 3.95. The Morgan fingerprint density at radius 2 is 1.77 bits per heavy atom. The number of halogens is 2. The molecule has 6 heteroatoms. The molecule has 0 aliphatic heterocycles. The zero-order chi connectivity index (χ0) is 15.9. The van der Waals surface area contributed by atoms with Crippen LogP contribution in [0, 0.1) is 11.6 Å². The van der Waals surface area contributed by atoms with Crippen LogP contribution >= 0.6 is 0 Å². The van der Waals surface area contributed by atoms with Crippen LogP contribution in [0.5, 0.6) is 0 Å². The van der Waals surface area contributed by atoms with Gasteiger partial charge in [0, 0.05) is 17.5 Å². The van der Waals surface area contributed by atoms with Gasteiger partial charge in [-0.15, -0.1) is 0 Å². The van der Waals surface area contributed by atoms with E-state index in [1.165, 1.54) is 10.6 Å². The molecule has 1 aromatic heterocycles. The first-order valence-electron chi connectivity index (χ1n) is 7.02. The number of hydrogen-bond acceptors (Lipinski definition) is 2. The second kappa shape index (κ2) is 5.36. The SMILES string of the molecule is NC(=O)c1cn(-c2c(F)cccc2F)c2c(c1=O)CCCC2. The number of amides is 1. The van der Waals surface area contributed by atoms with E-state index in [-0.39, 0.29) is 11.3 Å². The molecule has 2 aromatic rings. The number of aromatic nitrogens is 1. The number of para-hydroxylation sites is 1. The molecule has 2 N–H and O–H groups in total. The summed E-state index contributed by atoms with van der Waals surface area (Å²) in [5, 5.41) is 0. The Kier molecular flexibility index (Phi) is 3.52. The van der Waals surface area contributed by atoms with Crippen LogP contribution in [0.25, 0.3) is 5.69 Å². The molecule has 22 heavy (non-hydrogen) atoms. The van der Waals surface area contributed by atoms with Crippen molar-refractivity contribution in [1.82, 2.24) is 4.57 Å². The van der Waals surface area contributed by atoms with Crippen molar-refractivity contribution in [3.63, 3.8) is 0 Å². The fourth-order valence-electron chi connectivity index (χ4n) is 2.92. The van der Waals surface area contributed by atoms with Crippen LogP contribution in [0.4, 0.5) is 8.78 Å². The maximum atomic E-state index is 14.1. The quantitative estimate of drug-likeness (QED) is 0.923. The van der Waals surface area contributed by atoms with Crippen molar-refractivity contribution >= 4 is 5.91 Å². The first-order chi connectivity index (χ1) is 10.5. The van der Waals surface area contributed by atoms with Gasteiger partial charge in [0.1, 0.15) is 22.9 Å². The van der Waals surface area contributed by atoms with Crippen LogP contribution in [0.15, 0.2) is 29.2 Å². The highest BCUT2D eigenvalue weighted by atomic mass is 19.1. The van der Waals surface area contributed by atoms with E-state index in [1.807, 2.05) is 0 Å². The third-order valence-electron chi connectivity index (χ3n) is 3.95. The summed E-state index contributed by atoms with van der Waals surface area (Å²) >= 11 is 0. The maximum absolute atomic E-state index is 14.1. The molecule has 114 valence electrons. The number of nitrogens with two attached hydrogens (primary N) is 1. The molecular formula is C16H14F2N2O2. The van der Waals surface area contributed by atoms with Gasteiger partial charge in [0.05, 0.1) is 0 Å². The van der Waals surface area contributed by atoms with Crippen molar-refractivity contribution in [2.24, 2.45) is 5.73 Å². The van der Waals surface area contributed by atoms with Crippen LogP contribution in [0.2, 0.25) is 0 Å². The molecule has 0 spiro atoms. The van der Waals surface area contributed by atoms with Gasteiger partial charge >= 0.3 is 0 Å². The second-order valence-corrected chi connectivity index (χ2v) is 5.31. The summed E-state index contributed by atoms with van der Waals surface area (Å²) < 4.78 is 29.4. The monoisotopic (exact) mass is 304 g/mol. The topological polar surface area (TPSA) is 65.1 Å². The molecule has 1 heterocycles. The summed E-state index contributed by atoms with van der Waals surface area (Å²) in [4.78, 5) is 23.8. The first kappa shape index (κ1) is 14.4. The standard InChI is InChI=1S/C16H14F2N2O2/c17-11-5-3-6-12(18)14(11)20-8-10(16(19)22)15(21)9-4-1-2-7-13(9)20/h3,5-6,8H,1-2,4,7H2,(H2,19,22). The van der Waals surface area contributed by atoms with Crippen molar-refractivity contribution in [2.75, 3.05) is 0 Å². The number of primary amides is 1. The summed E-state index contributed by atoms with van der Waals surface area (Å²) in [5.41, 5.74) is 5.23. The third kappa shape index (κ3) is 2.20. The van der Waals surface area contributed by atoms with E-state index in [4.69, 9.17) is 5.73 Å². The van der Waals surface area contributed by atoms with E-state index in [1.54, 1.807) is 0 Å². The van der Waals surface area contributed by atoms with Crippen molar-refractivity contribution in [2.45, 2.75) is 25.7 Å². The molecule has 4 nitrogen and oxygen atoms in total. The minimum Gasteiger partial charge on any atom is -0.365 e. The lowest BCUT2D eigenvalue weighted by atomic mass is 9.93. The van der Waals surface area contributed by atoms with Gasteiger partial charge in [-0.1, -0.05) is 6.07 Å². The number of carbonyl (C=O) groups is 1. The van der Waals surface area contributed by atoms with Crippen molar-refractivity contribution < 1.29 is 13.6 Å². The van der Waals surface area contributed by atoms with Gasteiger partial charge in [-0.3, -0.25) is 9.59 Å². The Balaban J connectivity index is 2.39. The average molecular weight is 304 g/mol. The second-order valence-electron chi connectivity index (χ2n) is 5.31. The number of pyridine rings is 1. The molecule has 0 saturated heterocycles. The van der Waals surface area contributed by atoms with Gasteiger partial charge in [-0.2, -0.15) is 0 Å². The van der Waals surface area contributed by atoms with E-state index in [2.05, 4.69) is 0 Å². The lowest BCUT2D eigenvalue weighted by molar-refractivity contribution is 0.0998. The Bertz CT molecular complexity index is 807. The van der Waals surface area contributed by atoms with Gasteiger partial charge in [0.15, 0.2) is 5.43 Å². The number of carbonyl (C=O) groups excluding carboxylic acids is 1. The zero-order valence-corrected chi connectivity index (χ0v) is 11.7. The Morgan fingerprint density at radius 1 is 1.14 bits per heavy atom. The maximum Gasteiger partial charge on any atom is 0.254 e. The van der Waals surface area contributed by atoms with E-state index < -0.39 is 23.0 Å². The van der Waals surface area contributed by atoms with Gasteiger partial charge in [-0.05, 0) is 37.8 Å². The minimum absolute atomic E-state index is 0.247. The van der Waals surface area contributed by atoms with Gasteiger partial charge < -0.3 is 10.3 Å². The average Bonchev–Trinajstić information content (AvgIpc) is 2.49. The number of hydrogen-bond donors (Lipinski definition) is 1. The van der Waals surface area contributed by atoms with Crippen LogP contribution in [0.1, 0.15) is 34.5 Å². The van der Waals surface area contributed by atoms with Crippen molar-refractivity contribution in [3.05, 3.63) is 63.1 Å². The lowest BCUT2D eigenvalue weighted by Gasteiger charge is -2.22. The number of rotatable bonds is 2. The lowest BCUT2D eigenvalue weighted by Crippen LogP contribution is -2.30. The number of fused-ring (bicyclic) bond motifs is 1. The van der Waals surface area contributed by atoms with Gasteiger partial charge in [-0.25, -0.2) is 8.78 Å². The van der Waals surface area contributed by atoms with Crippen LogP contribution < -0.4 is 11.2 Å². The van der Waals surface area contributed by atoms with E-state index in [0.717, 1.165) is 31.2 Å². The van der Waals surface area contributed by atoms with Crippen LogP contribution in [0.3, 0.4) is 0 Å². The summed E-state index contributed by atoms with van der Waals surface area (Å²) in [6.45, 7) is 0. The fourth-order valence-corrected chi connectivity index (χ4v) is 2.92. The fraction of sp³-hybridized carbons (Fsp3) is 0.250. The zero-order valence-electron chi connectivity index (χ0n) is 11.7. The highest BCUT2D eigenvalue weighted by molar-refractivity contribution is 5.92. The minimum atomic E-state index is -0.899. The first-order valence-corrected chi connectivity index (χ1v) is 7.02. The molecular weight excluding hydrogens is 290 g/mol. The predicted octanol–water partition coefficient (Wildman–Crippen LogP) is 2.09. The molecule has 0 bridgehead atoms. The van der Waals surface area contributed by atoms with Crippen LogP contribution in [-0.2, 0) is 12.8 Å². The van der Waals surface area contributed by atoms with E-state index in [9.17, 15) is 18.4 Å². The van der Waals surface area contributed by atoms with Crippen molar-refractivity contribution in [3.8, 4) is 5.69 Å². The molecule has 0 fully saturated rings. The molecule has 0 radical (unpaired) electrons. The molecule has 1 amide bonds.